The van der Waals surface area contributed by atoms with E-state index in [9.17, 15) is 15.5 Å². The van der Waals surface area contributed by atoms with E-state index in [0.29, 0.717) is 11.3 Å². The van der Waals surface area contributed by atoms with Crippen molar-refractivity contribution in [1.29, 1.82) is 0 Å². The minimum atomic E-state index is -0.462. The van der Waals surface area contributed by atoms with Gasteiger partial charge >= 0.3 is 0 Å². The van der Waals surface area contributed by atoms with Crippen molar-refractivity contribution in [2.45, 2.75) is 4.34 Å². The molecule has 1 N–H and O–H groups in total. The van der Waals surface area contributed by atoms with Crippen LogP contribution in [0.15, 0.2) is 64.2 Å². The fraction of sp³-hybridized carbons (Fsp3) is 0.0667. The number of aromatic nitrogens is 1. The highest BCUT2D eigenvalue weighted by molar-refractivity contribution is 8.01. The van der Waals surface area contributed by atoms with Crippen LogP contribution in [0.3, 0.4) is 0 Å². The first-order valence-corrected chi connectivity index (χ1v) is 8.21. The van der Waals surface area contributed by atoms with Gasteiger partial charge in [0.15, 0.2) is 4.34 Å². The fourth-order valence-electron chi connectivity index (χ4n) is 1.90. The van der Waals surface area contributed by atoms with E-state index in [0.717, 1.165) is 14.6 Å². The number of thiazole rings is 1. The van der Waals surface area contributed by atoms with Crippen molar-refractivity contribution in [3.63, 3.8) is 0 Å². The maximum atomic E-state index is 10.6. The van der Waals surface area contributed by atoms with Crippen LogP contribution in [0.4, 0.5) is 0 Å². The highest BCUT2D eigenvalue weighted by Crippen LogP contribution is 2.30. The molecule has 0 unspecified atom stereocenters. The van der Waals surface area contributed by atoms with E-state index in [1.165, 1.54) is 23.9 Å². The quantitative estimate of drug-likeness (QED) is 0.400. The zero-order valence-electron chi connectivity index (χ0n) is 11.3. The van der Waals surface area contributed by atoms with Crippen LogP contribution in [0.1, 0.15) is 0 Å². The maximum absolute atomic E-state index is 10.6. The molecule has 0 atom stereocenters. The van der Waals surface area contributed by atoms with Gasteiger partial charge in [0, 0.05) is 17.7 Å². The molecule has 22 heavy (non-hydrogen) atoms. The summed E-state index contributed by atoms with van der Waals surface area (Å²) in [5.41, 5.74) is 1.54. The third-order valence-corrected chi connectivity index (χ3v) is 5.21. The van der Waals surface area contributed by atoms with Gasteiger partial charge in [-0.05, 0) is 24.3 Å². The number of para-hydroxylation sites is 1. The van der Waals surface area contributed by atoms with E-state index in [2.05, 4.69) is 4.98 Å². The predicted molar refractivity (Wildman–Crippen MR) is 90.3 cm³/mol. The lowest BCUT2D eigenvalue weighted by Crippen LogP contribution is -2.07. The van der Waals surface area contributed by atoms with E-state index < -0.39 is 4.90 Å². The predicted octanol–water partition coefficient (Wildman–Crippen LogP) is 3.78. The van der Waals surface area contributed by atoms with Gasteiger partial charge in [0.05, 0.1) is 16.0 Å². The highest BCUT2D eigenvalue weighted by atomic mass is 32.2. The number of benzene rings is 1. The van der Waals surface area contributed by atoms with Gasteiger partial charge in [-0.25, -0.2) is 4.98 Å². The van der Waals surface area contributed by atoms with Crippen molar-refractivity contribution in [3.8, 4) is 0 Å². The second-order valence-electron chi connectivity index (χ2n) is 4.49. The minimum absolute atomic E-state index is 0.00961. The summed E-state index contributed by atoms with van der Waals surface area (Å²) < 4.78 is 1.99. The molecule has 0 fully saturated rings. The van der Waals surface area contributed by atoms with Gasteiger partial charge in [0.25, 0.3) is 0 Å². The summed E-state index contributed by atoms with van der Waals surface area (Å²) in [4.78, 5) is 4.02. The molecule has 2 aromatic rings. The van der Waals surface area contributed by atoms with E-state index >= 15 is 0 Å². The molecule has 3 rings (SSSR count). The number of aliphatic hydroxyl groups excluding tert-OH is 1. The summed E-state index contributed by atoms with van der Waals surface area (Å²) >= 11 is 3.03. The van der Waals surface area contributed by atoms with Gasteiger partial charge in [0.2, 0.25) is 5.71 Å². The van der Waals surface area contributed by atoms with E-state index in [1.807, 2.05) is 24.3 Å². The summed E-state index contributed by atoms with van der Waals surface area (Å²) in [5.74, 6) is 0.552. The van der Waals surface area contributed by atoms with Gasteiger partial charge in [-0.2, -0.15) is 4.90 Å². The summed E-state index contributed by atoms with van der Waals surface area (Å²) in [6.45, 7) is 0. The Morgan fingerprint density at radius 3 is 2.59 bits per heavy atom. The molecule has 0 saturated carbocycles. The van der Waals surface area contributed by atoms with Crippen LogP contribution in [0, 0.1) is 10.4 Å². The highest BCUT2D eigenvalue weighted by Gasteiger charge is 2.09. The fourth-order valence-corrected chi connectivity index (χ4v) is 3.87. The number of nitrogens with zero attached hydrogens (tertiary/aromatic N) is 2. The molecular weight excluding hydrogens is 320 g/mol. The molecule has 0 bridgehead atoms. The molecule has 7 heteroatoms. The van der Waals surface area contributed by atoms with E-state index in [1.54, 1.807) is 23.5 Å². The number of hydrogen-bond acceptors (Lipinski definition) is 6. The topological polar surface area (TPSA) is 82.2 Å². The van der Waals surface area contributed by atoms with Crippen LogP contribution in [-0.4, -0.2) is 26.5 Å². The molecule has 1 heterocycles. The van der Waals surface area contributed by atoms with Crippen LogP contribution >= 0.6 is 23.1 Å². The summed E-state index contributed by atoms with van der Waals surface area (Å²) in [5, 5.41) is 31.3. The van der Waals surface area contributed by atoms with Gasteiger partial charge in [-0.1, -0.05) is 23.9 Å². The first kappa shape index (κ1) is 14.7. The molecule has 0 spiro atoms. The molecule has 0 radical (unpaired) electrons. The van der Waals surface area contributed by atoms with Crippen LogP contribution in [0.25, 0.3) is 10.2 Å². The summed E-state index contributed by atoms with van der Waals surface area (Å²) in [6.07, 6.45) is 5.86. The molecular formula is C15H11N2O3S2-. The molecule has 5 nitrogen and oxygen atoms in total. The smallest absolute Gasteiger partial charge is 0.222 e. The molecule has 0 aliphatic heterocycles. The zero-order valence-corrected chi connectivity index (χ0v) is 12.9. The first-order chi connectivity index (χ1) is 10.6. The lowest BCUT2D eigenvalue weighted by Gasteiger charge is -2.09. The van der Waals surface area contributed by atoms with Crippen LogP contribution < -0.4 is 0 Å². The third-order valence-electron chi connectivity index (χ3n) is 3.02. The van der Waals surface area contributed by atoms with Crippen molar-refractivity contribution in [1.82, 2.24) is 4.98 Å². The first-order valence-electron chi connectivity index (χ1n) is 6.41. The second kappa shape index (κ2) is 6.25. The normalized spacial score (nSPS) is 13.8. The van der Waals surface area contributed by atoms with Crippen molar-refractivity contribution >= 4 is 39.0 Å². The summed E-state index contributed by atoms with van der Waals surface area (Å²) in [7, 11) is 0. The molecule has 1 aliphatic carbocycles. The van der Waals surface area contributed by atoms with Crippen molar-refractivity contribution < 1.29 is 10.0 Å². The van der Waals surface area contributed by atoms with Crippen LogP contribution in [0.2, 0.25) is 0 Å². The second-order valence-corrected chi connectivity index (χ2v) is 6.74. The SMILES string of the molecule is [O-][N+]([O-])=C1C=CC(=C(O)CSc2nc3ccccc3s2)C=C1. The molecule has 1 aromatic carbocycles. The molecule has 112 valence electrons. The largest absolute Gasteiger partial charge is 0.612 e. The lowest BCUT2D eigenvalue weighted by atomic mass is 10.1. The van der Waals surface area contributed by atoms with Gasteiger partial charge in [0.1, 0.15) is 5.76 Å². The Hall–Kier alpha value is -2.25. The number of allylic oxidation sites excluding steroid dienone is 5. The number of hydrogen-bond donors (Lipinski definition) is 1. The van der Waals surface area contributed by atoms with Crippen LogP contribution in [0.5, 0.6) is 0 Å². The summed E-state index contributed by atoms with van der Waals surface area (Å²) in [6, 6.07) is 7.87. The monoisotopic (exact) mass is 331 g/mol. The Balaban J connectivity index is 1.71. The van der Waals surface area contributed by atoms with Gasteiger partial charge in [-0.3, -0.25) is 0 Å². The third kappa shape index (κ3) is 3.15. The average Bonchev–Trinajstić information content (AvgIpc) is 2.95. The number of rotatable bonds is 3. The number of thioether (sulfide) groups is 1. The minimum Gasteiger partial charge on any atom is -0.612 e. The van der Waals surface area contributed by atoms with Gasteiger partial charge in [-0.15, -0.1) is 11.3 Å². The van der Waals surface area contributed by atoms with Gasteiger partial charge < -0.3 is 15.5 Å². The van der Waals surface area contributed by atoms with Crippen molar-refractivity contribution in [2.75, 3.05) is 5.75 Å². The van der Waals surface area contributed by atoms with Crippen molar-refractivity contribution in [3.05, 3.63) is 70.3 Å². The van der Waals surface area contributed by atoms with Crippen molar-refractivity contribution in [2.24, 2.45) is 0 Å². The Bertz CT molecular complexity index is 779. The maximum Gasteiger partial charge on any atom is 0.222 e. The lowest BCUT2D eigenvalue weighted by molar-refractivity contribution is -0.377. The molecule has 0 amide bonds. The Kier molecular flexibility index (Phi) is 4.17. The van der Waals surface area contributed by atoms with E-state index in [-0.39, 0.29) is 11.5 Å². The zero-order chi connectivity index (χ0) is 15.5. The Morgan fingerprint density at radius 2 is 1.91 bits per heavy atom. The standard InChI is InChI=1S/C15H11N2O3S2/c18-13(10-5-7-11(8-6-10)17(19)20)9-21-15-16-12-3-1-2-4-14(12)22-15/h1-8H,9H2,(H-,18,19,20)/q-1. The number of fused-ring (bicyclic) bond motifs is 1. The molecule has 1 aliphatic rings. The molecule has 0 saturated heterocycles. The van der Waals surface area contributed by atoms with E-state index in [4.69, 9.17) is 0 Å². The van der Waals surface area contributed by atoms with Crippen LogP contribution in [-0.2, 0) is 0 Å². The molecule has 1 aromatic heterocycles. The average molecular weight is 331 g/mol. The Morgan fingerprint density at radius 1 is 1.18 bits per heavy atom. The Labute approximate surface area is 134 Å². The number of aliphatic hydroxyl groups is 1.